The number of fused-ring (bicyclic) bond motifs is 1. The van der Waals surface area contributed by atoms with Crippen LogP contribution in [-0.2, 0) is 4.79 Å². The number of nitrogens with one attached hydrogen (secondary N) is 1. The highest BCUT2D eigenvalue weighted by Gasteiger charge is 2.23. The molecule has 134 valence electrons. The van der Waals surface area contributed by atoms with Gasteiger partial charge in [-0.15, -0.1) is 0 Å². The minimum Gasteiger partial charge on any atom is -0.484 e. The zero-order valence-corrected chi connectivity index (χ0v) is 14.2. The average molecular weight is 354 g/mol. The van der Waals surface area contributed by atoms with Crippen molar-refractivity contribution in [3.8, 4) is 5.75 Å². The van der Waals surface area contributed by atoms with Crippen molar-refractivity contribution in [2.24, 2.45) is 0 Å². The molecule has 7 heteroatoms. The number of carbonyl (C=O) groups is 1. The van der Waals surface area contributed by atoms with Gasteiger partial charge in [-0.3, -0.25) is 4.79 Å². The van der Waals surface area contributed by atoms with E-state index in [1.54, 1.807) is 4.90 Å². The molecule has 2 heterocycles. The van der Waals surface area contributed by atoms with Gasteiger partial charge in [0.2, 0.25) is 5.95 Å². The molecule has 0 bridgehead atoms. The number of carbonyl (C=O) groups excluding carboxylic acids is 1. The number of para-hydroxylation sites is 2. The second kappa shape index (κ2) is 7.03. The molecule has 0 radical (unpaired) electrons. The summed E-state index contributed by atoms with van der Waals surface area (Å²) in [6.07, 6.45) is 0. The summed E-state index contributed by atoms with van der Waals surface area (Å²) in [6.45, 7) is 2.60. The number of piperazine rings is 1. The molecule has 1 aliphatic heterocycles. The van der Waals surface area contributed by atoms with E-state index in [1.807, 2.05) is 24.3 Å². The van der Waals surface area contributed by atoms with Crippen molar-refractivity contribution in [2.45, 2.75) is 0 Å². The van der Waals surface area contributed by atoms with Gasteiger partial charge in [0.15, 0.2) is 6.61 Å². The lowest BCUT2D eigenvalue weighted by Crippen LogP contribution is -2.50. The Morgan fingerprint density at radius 3 is 2.54 bits per heavy atom. The number of nitrogens with zero attached hydrogens (tertiary/aromatic N) is 3. The molecule has 1 amide bonds. The smallest absolute Gasteiger partial charge is 0.260 e. The average Bonchev–Trinajstić information content (AvgIpc) is 3.12. The van der Waals surface area contributed by atoms with Crippen molar-refractivity contribution in [3.63, 3.8) is 0 Å². The van der Waals surface area contributed by atoms with Gasteiger partial charge >= 0.3 is 0 Å². The number of anilines is 1. The largest absolute Gasteiger partial charge is 0.484 e. The third-order valence-electron chi connectivity index (χ3n) is 4.48. The molecule has 1 saturated heterocycles. The number of rotatable bonds is 4. The number of halogens is 1. The van der Waals surface area contributed by atoms with Gasteiger partial charge in [0.05, 0.1) is 11.0 Å². The fourth-order valence-corrected chi connectivity index (χ4v) is 3.02. The molecule has 0 aliphatic carbocycles. The Labute approximate surface area is 150 Å². The summed E-state index contributed by atoms with van der Waals surface area (Å²) in [5.41, 5.74) is 1.95. The second-order valence-corrected chi connectivity index (χ2v) is 6.19. The van der Waals surface area contributed by atoms with Gasteiger partial charge in [0.25, 0.3) is 5.91 Å². The van der Waals surface area contributed by atoms with Crippen LogP contribution in [0.15, 0.2) is 48.5 Å². The molecular formula is C19H19FN4O2. The highest BCUT2D eigenvalue weighted by Crippen LogP contribution is 2.18. The van der Waals surface area contributed by atoms with Crippen LogP contribution in [0.2, 0.25) is 0 Å². The van der Waals surface area contributed by atoms with Crippen LogP contribution >= 0.6 is 0 Å². The molecule has 0 saturated carbocycles. The van der Waals surface area contributed by atoms with Gasteiger partial charge in [-0.05, 0) is 36.4 Å². The molecule has 3 aromatic rings. The fraction of sp³-hybridized carbons (Fsp3) is 0.263. The van der Waals surface area contributed by atoms with Gasteiger partial charge in [-0.2, -0.15) is 0 Å². The van der Waals surface area contributed by atoms with Crippen molar-refractivity contribution in [3.05, 3.63) is 54.3 Å². The van der Waals surface area contributed by atoms with E-state index in [1.165, 1.54) is 24.3 Å². The summed E-state index contributed by atoms with van der Waals surface area (Å²) in [6, 6.07) is 13.6. The number of aromatic nitrogens is 2. The monoisotopic (exact) mass is 354 g/mol. The summed E-state index contributed by atoms with van der Waals surface area (Å²) < 4.78 is 18.3. The topological polar surface area (TPSA) is 61.5 Å². The van der Waals surface area contributed by atoms with Gasteiger partial charge < -0.3 is 19.5 Å². The lowest BCUT2D eigenvalue weighted by atomic mass is 10.3. The van der Waals surface area contributed by atoms with E-state index in [2.05, 4.69) is 14.9 Å². The van der Waals surface area contributed by atoms with Crippen LogP contribution < -0.4 is 9.64 Å². The maximum absolute atomic E-state index is 12.9. The lowest BCUT2D eigenvalue weighted by molar-refractivity contribution is -0.133. The molecule has 1 aliphatic rings. The zero-order valence-electron chi connectivity index (χ0n) is 14.2. The molecule has 0 unspecified atom stereocenters. The quantitative estimate of drug-likeness (QED) is 0.782. The highest BCUT2D eigenvalue weighted by molar-refractivity contribution is 5.79. The Bertz CT molecular complexity index is 868. The van der Waals surface area contributed by atoms with E-state index >= 15 is 0 Å². The minimum absolute atomic E-state index is 0.0454. The van der Waals surface area contributed by atoms with Crippen LogP contribution in [0.1, 0.15) is 0 Å². The van der Waals surface area contributed by atoms with Crippen molar-refractivity contribution < 1.29 is 13.9 Å². The molecule has 1 N–H and O–H groups in total. The van der Waals surface area contributed by atoms with E-state index in [4.69, 9.17) is 4.74 Å². The molecule has 0 spiro atoms. The normalized spacial score (nSPS) is 14.7. The molecule has 1 fully saturated rings. The Kier molecular flexibility index (Phi) is 4.43. The van der Waals surface area contributed by atoms with E-state index in [-0.39, 0.29) is 18.3 Å². The molecule has 26 heavy (non-hydrogen) atoms. The number of amides is 1. The number of imidazole rings is 1. The number of hydrogen-bond acceptors (Lipinski definition) is 4. The highest BCUT2D eigenvalue weighted by atomic mass is 19.1. The van der Waals surface area contributed by atoms with Gasteiger partial charge in [0, 0.05) is 26.2 Å². The molecular weight excluding hydrogens is 335 g/mol. The van der Waals surface area contributed by atoms with E-state index in [0.717, 1.165) is 17.0 Å². The standard InChI is InChI=1S/C19H19FN4O2/c20-14-5-7-15(8-6-14)26-13-18(25)23-9-11-24(12-10-23)19-21-16-3-1-2-4-17(16)22-19/h1-8H,9-13H2,(H,21,22). The predicted molar refractivity (Wildman–Crippen MR) is 96.8 cm³/mol. The minimum atomic E-state index is -0.328. The maximum atomic E-state index is 12.9. The van der Waals surface area contributed by atoms with Crippen molar-refractivity contribution >= 4 is 22.9 Å². The first kappa shape index (κ1) is 16.4. The SMILES string of the molecule is O=C(COc1ccc(F)cc1)N1CCN(c2nc3ccccc3[nH]2)CC1. The second-order valence-electron chi connectivity index (χ2n) is 6.19. The van der Waals surface area contributed by atoms with Crippen LogP contribution in [0.5, 0.6) is 5.75 Å². The molecule has 6 nitrogen and oxygen atoms in total. The number of aromatic amines is 1. The summed E-state index contributed by atoms with van der Waals surface area (Å²) >= 11 is 0. The summed E-state index contributed by atoms with van der Waals surface area (Å²) in [5.74, 6) is 0.922. The number of hydrogen-bond donors (Lipinski definition) is 1. The van der Waals surface area contributed by atoms with Crippen LogP contribution in [0.25, 0.3) is 11.0 Å². The first-order chi connectivity index (χ1) is 12.7. The van der Waals surface area contributed by atoms with Crippen molar-refractivity contribution in [2.75, 3.05) is 37.7 Å². The first-order valence-corrected chi connectivity index (χ1v) is 8.55. The van der Waals surface area contributed by atoms with Gasteiger partial charge in [-0.1, -0.05) is 12.1 Å². The summed E-state index contributed by atoms with van der Waals surface area (Å²) in [5, 5.41) is 0. The van der Waals surface area contributed by atoms with Crippen molar-refractivity contribution in [1.29, 1.82) is 0 Å². The third kappa shape index (κ3) is 3.46. The number of ether oxygens (including phenoxy) is 1. The molecule has 1 aromatic heterocycles. The van der Waals surface area contributed by atoms with Crippen LogP contribution in [0, 0.1) is 5.82 Å². The third-order valence-corrected chi connectivity index (χ3v) is 4.48. The van der Waals surface area contributed by atoms with Crippen LogP contribution in [0.3, 0.4) is 0 Å². The maximum Gasteiger partial charge on any atom is 0.260 e. The zero-order chi connectivity index (χ0) is 17.9. The first-order valence-electron chi connectivity index (χ1n) is 8.55. The van der Waals surface area contributed by atoms with Crippen molar-refractivity contribution in [1.82, 2.24) is 14.9 Å². The Morgan fingerprint density at radius 1 is 1.08 bits per heavy atom. The van der Waals surface area contributed by atoms with E-state index < -0.39 is 0 Å². The Hall–Kier alpha value is -3.09. The van der Waals surface area contributed by atoms with E-state index in [9.17, 15) is 9.18 Å². The molecule has 2 aromatic carbocycles. The summed E-state index contributed by atoms with van der Waals surface area (Å²) in [4.78, 5) is 24.1. The Morgan fingerprint density at radius 2 is 1.81 bits per heavy atom. The number of H-pyrrole nitrogens is 1. The molecule has 0 atom stereocenters. The van der Waals surface area contributed by atoms with E-state index in [0.29, 0.717) is 31.9 Å². The van der Waals surface area contributed by atoms with Gasteiger partial charge in [-0.25, -0.2) is 9.37 Å². The van der Waals surface area contributed by atoms with Crippen LogP contribution in [-0.4, -0.2) is 53.6 Å². The van der Waals surface area contributed by atoms with Gasteiger partial charge in [0.1, 0.15) is 11.6 Å². The fourth-order valence-electron chi connectivity index (χ4n) is 3.02. The van der Waals surface area contributed by atoms with Crippen LogP contribution in [0.4, 0.5) is 10.3 Å². The number of benzene rings is 2. The Balaban J connectivity index is 1.31. The summed E-state index contributed by atoms with van der Waals surface area (Å²) in [7, 11) is 0. The molecule has 4 rings (SSSR count). The lowest BCUT2D eigenvalue weighted by Gasteiger charge is -2.34. The predicted octanol–water partition coefficient (Wildman–Crippen LogP) is 2.43.